The molecule has 0 aliphatic carbocycles. The number of pyridine rings is 1. The minimum absolute atomic E-state index is 0.511. The molecule has 0 fully saturated rings. The average Bonchev–Trinajstić information content (AvgIpc) is 3.12. The Morgan fingerprint density at radius 2 is 0.909 bits per heavy atom. The lowest BCUT2D eigenvalue weighted by Gasteiger charge is -2.12. The summed E-state index contributed by atoms with van der Waals surface area (Å²) in [5.74, 6) is 2.25. The van der Waals surface area contributed by atoms with Crippen LogP contribution in [0.4, 0.5) is 0 Å². The van der Waals surface area contributed by atoms with E-state index in [-0.39, 0.29) is 0 Å². The Labute approximate surface area is 254 Å². The van der Waals surface area contributed by atoms with E-state index in [2.05, 4.69) is 61.7 Å². The smallest absolute Gasteiger partial charge is 0.178 e. The molecule has 3 heterocycles. The first kappa shape index (κ1) is 26.7. The van der Waals surface area contributed by atoms with Crippen molar-refractivity contribution in [3.63, 3.8) is 0 Å². The van der Waals surface area contributed by atoms with Gasteiger partial charge in [-0.05, 0) is 16.8 Å². The summed E-state index contributed by atoms with van der Waals surface area (Å²) in [5, 5.41) is 5.63. The predicted octanol–water partition coefficient (Wildman–Crippen LogP) is 8.99. The van der Waals surface area contributed by atoms with Crippen molar-refractivity contribution in [3.05, 3.63) is 147 Å². The fourth-order valence-corrected chi connectivity index (χ4v) is 5.40. The number of benzene rings is 5. The Morgan fingerprint density at radius 3 is 1.55 bits per heavy atom. The molecule has 44 heavy (non-hydrogen) atoms. The Balaban J connectivity index is 0.00000153. The van der Waals surface area contributed by atoms with Gasteiger partial charge in [-0.1, -0.05) is 115 Å². The molecule has 0 aliphatic heterocycles. The van der Waals surface area contributed by atoms with Gasteiger partial charge in [0.05, 0.1) is 11.1 Å². The number of aromatic nitrogens is 6. The van der Waals surface area contributed by atoms with Gasteiger partial charge in [0.1, 0.15) is 5.69 Å². The summed E-state index contributed by atoms with van der Waals surface area (Å²) in [6, 6.07) is 40.7. The summed E-state index contributed by atoms with van der Waals surface area (Å²) in [5.41, 5.74) is 4.17. The second kappa shape index (κ2) is 11.6. The molecular weight excluding hydrogens is 540 g/mol. The molecule has 6 nitrogen and oxygen atoms in total. The van der Waals surface area contributed by atoms with Crippen LogP contribution in [0, 0.1) is 0 Å². The zero-order chi connectivity index (χ0) is 29.9. The van der Waals surface area contributed by atoms with E-state index in [1.165, 1.54) is 10.8 Å². The van der Waals surface area contributed by atoms with Crippen LogP contribution < -0.4 is 0 Å². The van der Waals surface area contributed by atoms with E-state index in [1.807, 2.05) is 72.8 Å². The van der Waals surface area contributed by atoms with E-state index < -0.39 is 0 Å². The van der Waals surface area contributed by atoms with E-state index in [0.29, 0.717) is 28.9 Å². The van der Waals surface area contributed by atoms with Crippen molar-refractivity contribution in [1.82, 2.24) is 29.9 Å². The van der Waals surface area contributed by atoms with Crippen LogP contribution in [0.3, 0.4) is 0 Å². The monoisotopic (exact) mass is 566 g/mol. The number of hydrogen-bond donors (Lipinski definition) is 0. The maximum atomic E-state index is 5.02. The highest BCUT2D eigenvalue weighted by molar-refractivity contribution is 6.22. The van der Waals surface area contributed by atoms with Crippen LogP contribution in [0.15, 0.2) is 147 Å². The molecule has 0 radical (unpaired) electrons. The van der Waals surface area contributed by atoms with Gasteiger partial charge < -0.3 is 0 Å². The van der Waals surface area contributed by atoms with Crippen molar-refractivity contribution in [2.45, 2.75) is 0 Å². The number of hydrogen-bond acceptors (Lipinski definition) is 6. The van der Waals surface area contributed by atoms with E-state index in [1.54, 1.807) is 12.4 Å². The Hall–Kier alpha value is -6.14. The molecule has 6 heteroatoms. The molecule has 0 aliphatic rings. The first-order valence-corrected chi connectivity index (χ1v) is 14.2. The molecule has 8 rings (SSSR count). The van der Waals surface area contributed by atoms with E-state index in [4.69, 9.17) is 29.9 Å². The standard InChI is InChI=1S/C36H22N6.C2H4/c1-3-12-24(13-4-1)33-40-34(25-14-5-2-6-15-25)42-35(41-33)26-21-37-36(38-22-26)32-29-20-19-23-11-7-8-16-27(23)31(29)28-17-9-10-18-30(28)39-32;1-2/h1-22H;1-2H2. The Morgan fingerprint density at radius 1 is 0.386 bits per heavy atom. The van der Waals surface area contributed by atoms with Crippen LogP contribution in [0.5, 0.6) is 0 Å². The number of para-hydroxylation sites is 1. The minimum atomic E-state index is 0.511. The number of nitrogens with zero attached hydrogens (tertiary/aromatic N) is 6. The van der Waals surface area contributed by atoms with Crippen LogP contribution in [0.25, 0.3) is 78.1 Å². The van der Waals surface area contributed by atoms with Crippen LogP contribution in [0.1, 0.15) is 0 Å². The maximum absolute atomic E-state index is 5.02. The Kier molecular flexibility index (Phi) is 7.06. The topological polar surface area (TPSA) is 77.3 Å². The fraction of sp³-hybridized carbons (Fsp3) is 0. The molecule has 5 aromatic carbocycles. The SMILES string of the molecule is C=C.c1ccc(-c2nc(-c3ccccc3)nc(-c3cnc(-c4nc5ccccc5c5c4ccc4ccccc45)nc3)n2)cc1. The molecule has 208 valence electrons. The summed E-state index contributed by atoms with van der Waals surface area (Å²) in [7, 11) is 0. The van der Waals surface area contributed by atoms with Gasteiger partial charge in [-0.2, -0.15) is 0 Å². The van der Waals surface area contributed by atoms with E-state index >= 15 is 0 Å². The van der Waals surface area contributed by atoms with E-state index in [9.17, 15) is 0 Å². The molecule has 0 saturated carbocycles. The normalized spacial score (nSPS) is 10.9. The Bertz CT molecular complexity index is 2180. The lowest BCUT2D eigenvalue weighted by atomic mass is 9.97. The minimum Gasteiger partial charge on any atom is -0.244 e. The van der Waals surface area contributed by atoms with Crippen molar-refractivity contribution >= 4 is 32.4 Å². The van der Waals surface area contributed by atoms with Gasteiger partial charge in [-0.25, -0.2) is 29.9 Å². The molecule has 3 aromatic heterocycles. The summed E-state index contributed by atoms with van der Waals surface area (Å²) >= 11 is 0. The highest BCUT2D eigenvalue weighted by Gasteiger charge is 2.17. The molecule has 0 N–H and O–H groups in total. The highest BCUT2D eigenvalue weighted by Crippen LogP contribution is 2.36. The third-order valence-electron chi connectivity index (χ3n) is 7.41. The lowest BCUT2D eigenvalue weighted by Crippen LogP contribution is -2.01. The zero-order valence-electron chi connectivity index (χ0n) is 23.8. The van der Waals surface area contributed by atoms with Crippen LogP contribution in [-0.2, 0) is 0 Å². The van der Waals surface area contributed by atoms with Crippen molar-refractivity contribution in [1.29, 1.82) is 0 Å². The molecule has 8 aromatic rings. The van der Waals surface area contributed by atoms with Crippen molar-refractivity contribution < 1.29 is 0 Å². The van der Waals surface area contributed by atoms with Gasteiger partial charge in [0.2, 0.25) is 0 Å². The van der Waals surface area contributed by atoms with Gasteiger partial charge in [-0.3, -0.25) is 0 Å². The zero-order valence-corrected chi connectivity index (χ0v) is 23.8. The average molecular weight is 567 g/mol. The maximum Gasteiger partial charge on any atom is 0.178 e. The first-order valence-electron chi connectivity index (χ1n) is 14.2. The first-order chi connectivity index (χ1) is 21.8. The van der Waals surface area contributed by atoms with Crippen molar-refractivity contribution in [3.8, 4) is 45.7 Å². The van der Waals surface area contributed by atoms with Crippen LogP contribution in [0.2, 0.25) is 0 Å². The molecular formula is C38H26N6. The van der Waals surface area contributed by atoms with Gasteiger partial charge in [0.25, 0.3) is 0 Å². The van der Waals surface area contributed by atoms with Gasteiger partial charge in [0.15, 0.2) is 23.3 Å². The molecule has 0 saturated heterocycles. The van der Waals surface area contributed by atoms with Gasteiger partial charge in [0, 0.05) is 39.7 Å². The van der Waals surface area contributed by atoms with Gasteiger partial charge in [-0.15, -0.1) is 13.2 Å². The summed E-state index contributed by atoms with van der Waals surface area (Å²) in [4.78, 5) is 29.0. The third-order valence-corrected chi connectivity index (χ3v) is 7.41. The lowest BCUT2D eigenvalue weighted by molar-refractivity contribution is 1.06. The van der Waals surface area contributed by atoms with Crippen LogP contribution in [-0.4, -0.2) is 29.9 Å². The largest absolute Gasteiger partial charge is 0.244 e. The molecule has 0 atom stereocenters. The predicted molar refractivity (Wildman–Crippen MR) is 179 cm³/mol. The second-order valence-electron chi connectivity index (χ2n) is 10.0. The highest BCUT2D eigenvalue weighted by atomic mass is 15.0. The summed E-state index contributed by atoms with van der Waals surface area (Å²) < 4.78 is 0. The quantitative estimate of drug-likeness (QED) is 0.156. The molecule has 0 spiro atoms. The third kappa shape index (κ3) is 4.84. The molecule has 0 unspecified atom stereocenters. The number of rotatable bonds is 4. The number of fused-ring (bicyclic) bond motifs is 5. The van der Waals surface area contributed by atoms with Crippen molar-refractivity contribution in [2.24, 2.45) is 0 Å². The van der Waals surface area contributed by atoms with Crippen LogP contribution >= 0.6 is 0 Å². The van der Waals surface area contributed by atoms with Gasteiger partial charge >= 0.3 is 0 Å². The fourth-order valence-electron chi connectivity index (χ4n) is 5.40. The molecule has 0 bridgehead atoms. The second-order valence-corrected chi connectivity index (χ2v) is 10.0. The molecule has 0 amide bonds. The summed E-state index contributed by atoms with van der Waals surface area (Å²) in [6.45, 7) is 6.00. The van der Waals surface area contributed by atoms with E-state index in [0.717, 1.165) is 38.5 Å². The summed E-state index contributed by atoms with van der Waals surface area (Å²) in [6.07, 6.45) is 3.54. The van der Waals surface area contributed by atoms with Crippen molar-refractivity contribution in [2.75, 3.05) is 0 Å².